The van der Waals surface area contributed by atoms with Gasteiger partial charge in [-0.2, -0.15) is 0 Å². The van der Waals surface area contributed by atoms with Crippen LogP contribution in [0, 0.1) is 18.8 Å². The van der Waals surface area contributed by atoms with E-state index in [4.69, 9.17) is 0 Å². The van der Waals surface area contributed by atoms with Crippen molar-refractivity contribution in [1.82, 2.24) is 20.2 Å². The van der Waals surface area contributed by atoms with Crippen LogP contribution in [0.5, 0.6) is 0 Å². The number of piperidine rings is 1. The number of hydrogen-bond acceptors (Lipinski definition) is 5. The Morgan fingerprint density at radius 3 is 2.93 bits per heavy atom. The first-order chi connectivity index (χ1) is 13.0. The molecular weight excluding hydrogens is 360 g/mol. The van der Waals surface area contributed by atoms with Crippen LogP contribution in [0.2, 0.25) is 0 Å². The van der Waals surface area contributed by atoms with E-state index in [9.17, 15) is 9.59 Å². The summed E-state index contributed by atoms with van der Waals surface area (Å²) >= 11 is 1.40. The summed E-state index contributed by atoms with van der Waals surface area (Å²) in [7, 11) is 0. The van der Waals surface area contributed by atoms with Crippen molar-refractivity contribution < 1.29 is 9.59 Å². The van der Waals surface area contributed by atoms with E-state index in [1.165, 1.54) is 11.3 Å². The lowest BCUT2D eigenvalue weighted by Crippen LogP contribution is -2.46. The Morgan fingerprint density at radius 1 is 1.41 bits per heavy atom. The predicted octanol–water partition coefficient (Wildman–Crippen LogP) is 3.14. The first-order valence-electron chi connectivity index (χ1n) is 9.40. The molecule has 3 rings (SSSR count). The molecule has 6 nitrogen and oxygen atoms in total. The molecule has 1 unspecified atom stereocenters. The topological polar surface area (TPSA) is 75.2 Å². The molecule has 1 N–H and O–H groups in total. The summed E-state index contributed by atoms with van der Waals surface area (Å²) in [5, 5.41) is 3.79. The molecule has 0 saturated carbocycles. The van der Waals surface area contributed by atoms with Gasteiger partial charge in [0.15, 0.2) is 0 Å². The third kappa shape index (κ3) is 4.71. The number of amides is 2. The number of carbonyl (C=O) groups excluding carboxylic acids is 2. The zero-order chi connectivity index (χ0) is 19.4. The Labute approximate surface area is 164 Å². The van der Waals surface area contributed by atoms with Gasteiger partial charge in [-0.1, -0.05) is 13.8 Å². The maximum atomic E-state index is 13.0. The van der Waals surface area contributed by atoms with Crippen molar-refractivity contribution in [2.24, 2.45) is 11.8 Å². The smallest absolute Gasteiger partial charge is 0.265 e. The molecule has 1 fully saturated rings. The maximum Gasteiger partial charge on any atom is 0.265 e. The van der Waals surface area contributed by atoms with Crippen molar-refractivity contribution in [3.8, 4) is 10.6 Å². The minimum atomic E-state index is -0.132. The molecule has 2 aromatic rings. The van der Waals surface area contributed by atoms with Gasteiger partial charge in [-0.15, -0.1) is 11.3 Å². The highest BCUT2D eigenvalue weighted by atomic mass is 32.1. The van der Waals surface area contributed by atoms with Crippen molar-refractivity contribution >= 4 is 23.2 Å². The van der Waals surface area contributed by atoms with Crippen molar-refractivity contribution in [3.05, 3.63) is 35.1 Å². The lowest BCUT2D eigenvalue weighted by Gasteiger charge is -2.32. The highest BCUT2D eigenvalue weighted by molar-refractivity contribution is 7.17. The fraction of sp³-hybridized carbons (Fsp3) is 0.500. The van der Waals surface area contributed by atoms with Crippen LogP contribution in [0.15, 0.2) is 24.5 Å². The van der Waals surface area contributed by atoms with Gasteiger partial charge in [-0.3, -0.25) is 14.6 Å². The SMILES string of the molecule is Cc1nc(-c2cccnc2)sc1C(=O)N1CCCC(C(=O)NCC(C)C)C1. The second kappa shape index (κ2) is 8.61. The van der Waals surface area contributed by atoms with Crippen LogP contribution in [-0.4, -0.2) is 46.3 Å². The van der Waals surface area contributed by atoms with Crippen LogP contribution in [0.3, 0.4) is 0 Å². The van der Waals surface area contributed by atoms with Gasteiger partial charge in [0.2, 0.25) is 5.91 Å². The molecule has 1 aliphatic heterocycles. The second-order valence-corrected chi connectivity index (χ2v) is 8.40. The van der Waals surface area contributed by atoms with Crippen molar-refractivity contribution in [2.45, 2.75) is 33.6 Å². The van der Waals surface area contributed by atoms with Crippen molar-refractivity contribution in [3.63, 3.8) is 0 Å². The first-order valence-corrected chi connectivity index (χ1v) is 10.2. The third-order valence-electron chi connectivity index (χ3n) is 4.66. The van der Waals surface area contributed by atoms with Gasteiger partial charge in [-0.25, -0.2) is 4.98 Å². The van der Waals surface area contributed by atoms with E-state index in [-0.39, 0.29) is 17.7 Å². The van der Waals surface area contributed by atoms with Gasteiger partial charge in [0.1, 0.15) is 9.88 Å². The minimum Gasteiger partial charge on any atom is -0.356 e. The molecule has 27 heavy (non-hydrogen) atoms. The number of nitrogens with one attached hydrogen (secondary N) is 1. The lowest BCUT2D eigenvalue weighted by atomic mass is 9.96. The van der Waals surface area contributed by atoms with Crippen LogP contribution in [0.4, 0.5) is 0 Å². The molecule has 0 spiro atoms. The summed E-state index contributed by atoms with van der Waals surface area (Å²) in [6, 6.07) is 3.80. The molecule has 7 heteroatoms. The van der Waals surface area contributed by atoms with Gasteiger partial charge in [0.05, 0.1) is 11.6 Å². The van der Waals surface area contributed by atoms with Crippen LogP contribution < -0.4 is 5.32 Å². The molecule has 2 aromatic heterocycles. The first kappa shape index (κ1) is 19.5. The molecule has 3 heterocycles. The van der Waals surface area contributed by atoms with E-state index in [1.807, 2.05) is 19.1 Å². The number of rotatable bonds is 5. The fourth-order valence-corrected chi connectivity index (χ4v) is 4.20. The number of likely N-dealkylation sites (tertiary alicyclic amines) is 1. The van der Waals surface area contributed by atoms with Gasteiger partial charge in [0, 0.05) is 37.6 Å². The number of aromatic nitrogens is 2. The largest absolute Gasteiger partial charge is 0.356 e. The van der Waals surface area contributed by atoms with E-state index < -0.39 is 0 Å². The quantitative estimate of drug-likeness (QED) is 0.857. The number of hydrogen-bond donors (Lipinski definition) is 1. The molecule has 2 amide bonds. The molecule has 1 atom stereocenters. The van der Waals surface area contributed by atoms with Gasteiger partial charge < -0.3 is 10.2 Å². The summed E-state index contributed by atoms with van der Waals surface area (Å²) in [6.45, 7) is 7.84. The molecule has 144 valence electrons. The zero-order valence-electron chi connectivity index (χ0n) is 16.1. The van der Waals surface area contributed by atoms with Crippen molar-refractivity contribution in [1.29, 1.82) is 0 Å². The van der Waals surface area contributed by atoms with Crippen LogP contribution in [0.1, 0.15) is 42.1 Å². The van der Waals surface area contributed by atoms with E-state index in [0.29, 0.717) is 30.4 Å². The summed E-state index contributed by atoms with van der Waals surface area (Å²) in [6.07, 6.45) is 5.14. The fourth-order valence-electron chi connectivity index (χ4n) is 3.18. The summed E-state index contributed by atoms with van der Waals surface area (Å²) in [4.78, 5) is 36.6. The highest BCUT2D eigenvalue weighted by Gasteiger charge is 2.30. The Bertz CT molecular complexity index is 804. The van der Waals surface area contributed by atoms with Gasteiger partial charge in [-0.05, 0) is 37.8 Å². The van der Waals surface area contributed by atoms with E-state index in [2.05, 4.69) is 29.1 Å². The monoisotopic (exact) mass is 386 g/mol. The molecule has 1 aliphatic rings. The number of pyridine rings is 1. The zero-order valence-corrected chi connectivity index (χ0v) is 16.9. The average molecular weight is 387 g/mol. The highest BCUT2D eigenvalue weighted by Crippen LogP contribution is 2.29. The molecular formula is C20H26N4O2S. The molecule has 0 aromatic carbocycles. The summed E-state index contributed by atoms with van der Waals surface area (Å²) in [5.41, 5.74) is 1.64. The number of nitrogens with zero attached hydrogens (tertiary/aromatic N) is 3. The van der Waals surface area contributed by atoms with Crippen molar-refractivity contribution in [2.75, 3.05) is 19.6 Å². The Hall–Kier alpha value is -2.28. The summed E-state index contributed by atoms with van der Waals surface area (Å²) < 4.78 is 0. The standard InChI is InChI=1S/C20H26N4O2S/c1-13(2)10-22-18(25)16-7-5-9-24(12-16)20(26)17-14(3)23-19(27-17)15-6-4-8-21-11-15/h4,6,8,11,13,16H,5,7,9-10,12H2,1-3H3,(H,22,25). The van der Waals surface area contributed by atoms with Crippen LogP contribution in [0.25, 0.3) is 10.6 Å². The lowest BCUT2D eigenvalue weighted by molar-refractivity contribution is -0.126. The molecule has 0 aliphatic carbocycles. The third-order valence-corrected chi connectivity index (χ3v) is 5.86. The molecule has 1 saturated heterocycles. The second-order valence-electron chi connectivity index (χ2n) is 7.40. The number of aryl methyl sites for hydroxylation is 1. The number of carbonyl (C=O) groups is 2. The Balaban J connectivity index is 1.70. The van der Waals surface area contributed by atoms with Gasteiger partial charge in [0.25, 0.3) is 5.91 Å². The average Bonchev–Trinajstić information content (AvgIpc) is 3.08. The van der Waals surface area contributed by atoms with E-state index >= 15 is 0 Å². The van der Waals surface area contributed by atoms with Crippen LogP contribution in [-0.2, 0) is 4.79 Å². The Kier molecular flexibility index (Phi) is 6.21. The maximum absolute atomic E-state index is 13.0. The minimum absolute atomic E-state index is 0.0264. The molecule has 0 bridgehead atoms. The Morgan fingerprint density at radius 2 is 2.22 bits per heavy atom. The van der Waals surface area contributed by atoms with E-state index in [1.54, 1.807) is 17.3 Å². The van der Waals surface area contributed by atoms with Crippen LogP contribution >= 0.6 is 11.3 Å². The summed E-state index contributed by atoms with van der Waals surface area (Å²) in [5.74, 6) is 0.313. The molecule has 0 radical (unpaired) electrons. The van der Waals surface area contributed by atoms with Gasteiger partial charge >= 0.3 is 0 Å². The normalized spacial score (nSPS) is 17.2. The number of thiazole rings is 1. The van der Waals surface area contributed by atoms with E-state index in [0.717, 1.165) is 29.1 Å². The predicted molar refractivity (Wildman–Crippen MR) is 107 cm³/mol.